The molecule has 0 aliphatic rings. The molecule has 21 heavy (non-hydrogen) atoms. The molecule has 0 aliphatic heterocycles. The van der Waals surface area contributed by atoms with Gasteiger partial charge in [0.2, 0.25) is 0 Å². The summed E-state index contributed by atoms with van der Waals surface area (Å²) in [6.07, 6.45) is 2.51. The van der Waals surface area contributed by atoms with Crippen LogP contribution in [0.1, 0.15) is 49.8 Å². The van der Waals surface area contributed by atoms with E-state index in [9.17, 15) is 5.26 Å². The first-order valence-corrected chi connectivity index (χ1v) is 7.85. The molecule has 0 aromatic heterocycles. The first-order chi connectivity index (χ1) is 9.99. The van der Waals surface area contributed by atoms with Gasteiger partial charge in [-0.25, -0.2) is 0 Å². The van der Waals surface area contributed by atoms with Gasteiger partial charge in [-0.05, 0) is 63.3 Å². The van der Waals surface area contributed by atoms with Crippen molar-refractivity contribution in [1.82, 2.24) is 5.32 Å². The van der Waals surface area contributed by atoms with Gasteiger partial charge >= 0.3 is 0 Å². The van der Waals surface area contributed by atoms with E-state index < -0.39 is 5.54 Å². The van der Waals surface area contributed by atoms with Gasteiger partial charge < -0.3 is 4.74 Å². The number of nitrogens with zero attached hydrogens (tertiary/aromatic N) is 1. The Kier molecular flexibility index (Phi) is 6.71. The van der Waals surface area contributed by atoms with Crippen LogP contribution < -0.4 is 10.1 Å². The zero-order valence-corrected chi connectivity index (χ0v) is 14.0. The minimum absolute atomic E-state index is 0.408. The van der Waals surface area contributed by atoms with Gasteiger partial charge in [-0.15, -0.1) is 0 Å². The Hall–Kier alpha value is -1.53. The highest BCUT2D eigenvalue weighted by Crippen LogP contribution is 2.26. The van der Waals surface area contributed by atoms with Crippen molar-refractivity contribution >= 4 is 0 Å². The van der Waals surface area contributed by atoms with Crippen molar-refractivity contribution in [2.24, 2.45) is 0 Å². The van der Waals surface area contributed by atoms with Gasteiger partial charge in [0.25, 0.3) is 0 Å². The Morgan fingerprint density at radius 1 is 1.19 bits per heavy atom. The number of rotatable bonds is 8. The molecule has 0 saturated carbocycles. The summed E-state index contributed by atoms with van der Waals surface area (Å²) in [4.78, 5) is 0. The van der Waals surface area contributed by atoms with Crippen molar-refractivity contribution in [3.63, 3.8) is 0 Å². The second-order valence-electron chi connectivity index (χ2n) is 5.68. The molecule has 0 radical (unpaired) electrons. The number of hydrogen-bond donors (Lipinski definition) is 1. The molecule has 1 atom stereocenters. The van der Waals surface area contributed by atoms with Crippen LogP contribution >= 0.6 is 0 Å². The quantitative estimate of drug-likeness (QED) is 0.734. The van der Waals surface area contributed by atoms with Crippen molar-refractivity contribution in [1.29, 1.82) is 5.26 Å². The Bertz CT molecular complexity index is 505. The summed E-state index contributed by atoms with van der Waals surface area (Å²) < 4.78 is 5.97. The van der Waals surface area contributed by atoms with E-state index in [0.29, 0.717) is 6.61 Å². The lowest BCUT2D eigenvalue weighted by atomic mass is 9.92. The second-order valence-corrected chi connectivity index (χ2v) is 5.68. The molecule has 3 nitrogen and oxygen atoms in total. The van der Waals surface area contributed by atoms with E-state index in [1.165, 1.54) is 16.7 Å². The number of ether oxygens (including phenoxy) is 1. The molecule has 1 unspecified atom stereocenters. The molecule has 0 spiro atoms. The lowest BCUT2D eigenvalue weighted by Gasteiger charge is -2.26. The number of nitrogens with one attached hydrogen (secondary N) is 1. The van der Waals surface area contributed by atoms with Crippen molar-refractivity contribution in [2.75, 3.05) is 13.2 Å². The monoisotopic (exact) mass is 288 g/mol. The summed E-state index contributed by atoms with van der Waals surface area (Å²) in [7, 11) is 0. The largest absolute Gasteiger partial charge is 0.493 e. The third-order valence-electron chi connectivity index (χ3n) is 4.20. The number of benzene rings is 1. The molecule has 0 aliphatic carbocycles. The minimum atomic E-state index is -0.408. The van der Waals surface area contributed by atoms with Gasteiger partial charge in [0.1, 0.15) is 11.3 Å². The van der Waals surface area contributed by atoms with Crippen LogP contribution in [0.15, 0.2) is 12.1 Å². The first-order valence-electron chi connectivity index (χ1n) is 7.85. The lowest BCUT2D eigenvalue weighted by molar-refractivity contribution is 0.275. The van der Waals surface area contributed by atoms with Gasteiger partial charge in [-0.3, -0.25) is 5.32 Å². The molecular weight excluding hydrogens is 260 g/mol. The lowest BCUT2D eigenvalue weighted by Crippen LogP contribution is -2.43. The van der Waals surface area contributed by atoms with Crippen LogP contribution in [0.3, 0.4) is 0 Å². The summed E-state index contributed by atoms with van der Waals surface area (Å²) in [6, 6.07) is 6.65. The van der Waals surface area contributed by atoms with Crippen LogP contribution in [-0.4, -0.2) is 18.7 Å². The fourth-order valence-corrected chi connectivity index (χ4v) is 2.60. The van der Waals surface area contributed by atoms with E-state index in [-0.39, 0.29) is 0 Å². The maximum absolute atomic E-state index is 9.40. The average Bonchev–Trinajstić information content (AvgIpc) is 2.49. The Morgan fingerprint density at radius 2 is 1.86 bits per heavy atom. The zero-order valence-electron chi connectivity index (χ0n) is 14.0. The van der Waals surface area contributed by atoms with Crippen LogP contribution in [-0.2, 0) is 0 Å². The zero-order chi connectivity index (χ0) is 15.9. The third-order valence-corrected chi connectivity index (χ3v) is 4.20. The summed E-state index contributed by atoms with van der Waals surface area (Å²) >= 11 is 0. The molecule has 3 heteroatoms. The molecule has 0 fully saturated rings. The van der Waals surface area contributed by atoms with Crippen molar-refractivity contribution < 1.29 is 4.74 Å². The topological polar surface area (TPSA) is 45.0 Å². The van der Waals surface area contributed by atoms with E-state index in [0.717, 1.165) is 31.6 Å². The van der Waals surface area contributed by atoms with Crippen molar-refractivity contribution in [2.45, 2.75) is 59.4 Å². The number of aryl methyl sites for hydroxylation is 2. The van der Waals surface area contributed by atoms with E-state index in [1.807, 2.05) is 6.92 Å². The highest BCUT2D eigenvalue weighted by Gasteiger charge is 2.25. The van der Waals surface area contributed by atoms with Gasteiger partial charge in [0, 0.05) is 0 Å². The highest BCUT2D eigenvalue weighted by molar-refractivity contribution is 5.44. The number of hydrogen-bond acceptors (Lipinski definition) is 3. The molecule has 0 saturated heterocycles. The van der Waals surface area contributed by atoms with E-state index in [1.54, 1.807) is 0 Å². The Labute approximate surface area is 129 Å². The summed E-state index contributed by atoms with van der Waals surface area (Å²) in [5.41, 5.74) is 3.23. The third kappa shape index (κ3) is 4.47. The Balaban J connectivity index is 2.59. The van der Waals surface area contributed by atoms with Crippen molar-refractivity contribution in [3.05, 3.63) is 28.8 Å². The van der Waals surface area contributed by atoms with Crippen molar-refractivity contribution in [3.8, 4) is 11.8 Å². The highest BCUT2D eigenvalue weighted by atomic mass is 16.5. The molecule has 0 bridgehead atoms. The number of nitriles is 1. The molecule has 1 aromatic carbocycles. The molecule has 1 aromatic rings. The minimum Gasteiger partial charge on any atom is -0.493 e. The van der Waals surface area contributed by atoms with Gasteiger partial charge in [-0.2, -0.15) is 5.26 Å². The summed E-state index contributed by atoms with van der Waals surface area (Å²) in [5.74, 6) is 0.998. The van der Waals surface area contributed by atoms with Crippen LogP contribution in [0, 0.1) is 32.1 Å². The normalized spacial score (nSPS) is 13.5. The first kappa shape index (κ1) is 17.5. The van der Waals surface area contributed by atoms with Crippen LogP contribution in [0.5, 0.6) is 5.75 Å². The van der Waals surface area contributed by atoms with Crippen LogP contribution in [0.25, 0.3) is 0 Å². The average molecular weight is 288 g/mol. The Morgan fingerprint density at radius 3 is 2.43 bits per heavy atom. The second kappa shape index (κ2) is 8.05. The van der Waals surface area contributed by atoms with E-state index >= 15 is 0 Å². The molecule has 1 N–H and O–H groups in total. The fraction of sp³-hybridized carbons (Fsp3) is 0.611. The van der Waals surface area contributed by atoms with Crippen LogP contribution in [0.2, 0.25) is 0 Å². The maximum atomic E-state index is 9.40. The van der Waals surface area contributed by atoms with Gasteiger partial charge in [-0.1, -0.05) is 26.0 Å². The van der Waals surface area contributed by atoms with Crippen LogP contribution in [0.4, 0.5) is 0 Å². The van der Waals surface area contributed by atoms with E-state index in [2.05, 4.69) is 51.2 Å². The fourth-order valence-electron chi connectivity index (χ4n) is 2.60. The standard InChI is InChI=1S/C18H28N2O/c1-6-18(13-19,20-7-2)11-8-12-21-17-15(4)10-9-14(3)16(17)5/h9-10,20H,6-8,11-12H2,1-5H3. The molecule has 1 rings (SSSR count). The smallest absolute Gasteiger partial charge is 0.125 e. The van der Waals surface area contributed by atoms with Gasteiger partial charge in [0.15, 0.2) is 0 Å². The molecular formula is C18H28N2O. The van der Waals surface area contributed by atoms with E-state index in [4.69, 9.17) is 4.74 Å². The van der Waals surface area contributed by atoms with Gasteiger partial charge in [0.05, 0.1) is 12.7 Å². The maximum Gasteiger partial charge on any atom is 0.125 e. The predicted octanol–water partition coefficient (Wildman–Crippen LogP) is 4.05. The molecule has 0 heterocycles. The predicted molar refractivity (Wildman–Crippen MR) is 87.7 cm³/mol. The summed E-state index contributed by atoms with van der Waals surface area (Å²) in [6.45, 7) is 11.8. The SMILES string of the molecule is CCNC(C#N)(CC)CCCOc1c(C)ccc(C)c1C. The molecule has 116 valence electrons. The molecule has 0 amide bonds. The summed E-state index contributed by atoms with van der Waals surface area (Å²) in [5, 5.41) is 12.7.